The van der Waals surface area contributed by atoms with E-state index >= 15 is 0 Å². The summed E-state index contributed by atoms with van der Waals surface area (Å²) in [5, 5.41) is 2.91. The first-order valence-electron chi connectivity index (χ1n) is 7.65. The second-order valence-electron chi connectivity index (χ2n) is 5.54. The van der Waals surface area contributed by atoms with Crippen molar-refractivity contribution in [1.82, 2.24) is 10.3 Å². The Labute approximate surface area is 143 Å². The number of halogens is 1. The van der Waals surface area contributed by atoms with Crippen LogP contribution < -0.4 is 11.1 Å². The highest BCUT2D eigenvalue weighted by Crippen LogP contribution is 2.17. The third kappa shape index (κ3) is 5.34. The van der Waals surface area contributed by atoms with Crippen LogP contribution in [-0.4, -0.2) is 16.9 Å². The molecule has 2 rings (SSSR count). The summed E-state index contributed by atoms with van der Waals surface area (Å²) in [6, 6.07) is 13.4. The second-order valence-corrected chi connectivity index (χ2v) is 5.54. The highest BCUT2D eigenvalue weighted by molar-refractivity contribution is 5.85. The summed E-state index contributed by atoms with van der Waals surface area (Å²) >= 11 is 0. The van der Waals surface area contributed by atoms with Gasteiger partial charge in [-0.3, -0.25) is 9.78 Å². The summed E-state index contributed by atoms with van der Waals surface area (Å²) < 4.78 is 0. The summed E-state index contributed by atoms with van der Waals surface area (Å²) in [6.07, 6.45) is 2.67. The molecule has 23 heavy (non-hydrogen) atoms. The molecular formula is C18H24ClN3O. The largest absolute Gasteiger partial charge is 0.351 e. The van der Waals surface area contributed by atoms with Gasteiger partial charge in [0.15, 0.2) is 0 Å². The van der Waals surface area contributed by atoms with Crippen LogP contribution in [0.4, 0.5) is 0 Å². The summed E-state index contributed by atoms with van der Waals surface area (Å²) in [4.78, 5) is 16.4. The Bertz CT molecular complexity index is 619. The molecule has 0 aliphatic carbocycles. The predicted octanol–water partition coefficient (Wildman–Crippen LogP) is 3.16. The van der Waals surface area contributed by atoms with Crippen LogP contribution in [0.25, 0.3) is 11.3 Å². The smallest absolute Gasteiger partial charge is 0.237 e. The zero-order valence-corrected chi connectivity index (χ0v) is 14.3. The molecule has 2 atom stereocenters. The normalized spacial score (nSPS) is 12.8. The highest BCUT2D eigenvalue weighted by Gasteiger charge is 2.18. The van der Waals surface area contributed by atoms with Crippen molar-refractivity contribution in [2.24, 2.45) is 11.7 Å². The maximum atomic E-state index is 12.0. The molecule has 0 saturated carbocycles. The Morgan fingerprint density at radius 2 is 2.04 bits per heavy atom. The van der Waals surface area contributed by atoms with Crippen LogP contribution in [0.3, 0.4) is 0 Å². The minimum absolute atomic E-state index is 0. The molecule has 5 heteroatoms. The lowest BCUT2D eigenvalue weighted by molar-refractivity contribution is -0.123. The van der Waals surface area contributed by atoms with Crippen molar-refractivity contribution >= 4 is 18.3 Å². The van der Waals surface area contributed by atoms with Crippen molar-refractivity contribution in [1.29, 1.82) is 0 Å². The van der Waals surface area contributed by atoms with Gasteiger partial charge in [0, 0.05) is 18.3 Å². The lowest BCUT2D eigenvalue weighted by Gasteiger charge is -2.17. The topological polar surface area (TPSA) is 68.0 Å². The molecule has 0 fully saturated rings. The van der Waals surface area contributed by atoms with Crippen molar-refractivity contribution < 1.29 is 4.79 Å². The lowest BCUT2D eigenvalue weighted by atomic mass is 9.99. The van der Waals surface area contributed by atoms with E-state index in [2.05, 4.69) is 10.3 Å². The van der Waals surface area contributed by atoms with Gasteiger partial charge in [-0.1, -0.05) is 44.5 Å². The Morgan fingerprint density at radius 3 is 2.70 bits per heavy atom. The number of rotatable bonds is 6. The van der Waals surface area contributed by atoms with E-state index in [1.54, 1.807) is 6.20 Å². The minimum Gasteiger partial charge on any atom is -0.351 e. The number of nitrogens with zero attached hydrogens (tertiary/aromatic N) is 1. The average molecular weight is 334 g/mol. The van der Waals surface area contributed by atoms with Gasteiger partial charge in [-0.05, 0) is 29.7 Å². The molecule has 3 N–H and O–H groups in total. The molecule has 124 valence electrons. The quantitative estimate of drug-likeness (QED) is 0.853. The Balaban J connectivity index is 0.00000264. The summed E-state index contributed by atoms with van der Waals surface area (Å²) in [7, 11) is 0. The van der Waals surface area contributed by atoms with E-state index < -0.39 is 6.04 Å². The van der Waals surface area contributed by atoms with Gasteiger partial charge in [0.05, 0.1) is 11.7 Å². The molecule has 2 aromatic rings. The first-order valence-corrected chi connectivity index (χ1v) is 7.65. The molecule has 2 unspecified atom stereocenters. The first kappa shape index (κ1) is 19.1. The van der Waals surface area contributed by atoms with E-state index in [1.165, 1.54) is 0 Å². The number of carbonyl (C=O) groups is 1. The molecule has 1 aromatic carbocycles. The fourth-order valence-corrected chi connectivity index (χ4v) is 2.19. The van der Waals surface area contributed by atoms with Crippen LogP contribution >= 0.6 is 12.4 Å². The third-order valence-electron chi connectivity index (χ3n) is 3.91. The van der Waals surface area contributed by atoms with Crippen LogP contribution in [0.1, 0.15) is 25.8 Å². The van der Waals surface area contributed by atoms with Crippen LogP contribution in [0.2, 0.25) is 0 Å². The zero-order valence-electron chi connectivity index (χ0n) is 13.5. The molecule has 4 nitrogen and oxygen atoms in total. The molecule has 1 aromatic heterocycles. The van der Waals surface area contributed by atoms with Gasteiger partial charge in [-0.25, -0.2) is 0 Å². The van der Waals surface area contributed by atoms with Crippen molar-refractivity contribution in [2.75, 3.05) is 0 Å². The molecular weight excluding hydrogens is 310 g/mol. The van der Waals surface area contributed by atoms with E-state index in [4.69, 9.17) is 5.73 Å². The van der Waals surface area contributed by atoms with Crippen molar-refractivity contribution in [3.63, 3.8) is 0 Å². The number of hydrogen-bond donors (Lipinski definition) is 2. The number of benzene rings is 1. The van der Waals surface area contributed by atoms with Gasteiger partial charge < -0.3 is 11.1 Å². The molecule has 1 amide bonds. The Hall–Kier alpha value is -1.91. The third-order valence-corrected chi connectivity index (χ3v) is 3.91. The molecule has 0 saturated heterocycles. The highest BCUT2D eigenvalue weighted by atomic mass is 35.5. The molecule has 0 aliphatic rings. The number of hydrogen-bond acceptors (Lipinski definition) is 3. The lowest BCUT2D eigenvalue weighted by Crippen LogP contribution is -2.44. The molecule has 1 heterocycles. The zero-order chi connectivity index (χ0) is 15.9. The SMILES string of the molecule is CCC(C)C(N)C(=O)NCc1cccc(-c2ccccn2)c1.Cl. The van der Waals surface area contributed by atoms with E-state index in [9.17, 15) is 4.79 Å². The van der Waals surface area contributed by atoms with E-state index in [1.807, 2.05) is 56.3 Å². The van der Waals surface area contributed by atoms with E-state index in [-0.39, 0.29) is 24.2 Å². The summed E-state index contributed by atoms with van der Waals surface area (Å²) in [6.45, 7) is 4.50. The van der Waals surface area contributed by atoms with Crippen LogP contribution in [-0.2, 0) is 11.3 Å². The summed E-state index contributed by atoms with van der Waals surface area (Å²) in [5.74, 6) is 0.0810. The van der Waals surface area contributed by atoms with Gasteiger partial charge in [0.25, 0.3) is 0 Å². The Morgan fingerprint density at radius 1 is 1.26 bits per heavy atom. The van der Waals surface area contributed by atoms with Crippen LogP contribution in [0.5, 0.6) is 0 Å². The number of carbonyl (C=O) groups excluding carboxylic acids is 1. The average Bonchev–Trinajstić information content (AvgIpc) is 2.59. The van der Waals surface area contributed by atoms with Crippen molar-refractivity contribution in [3.8, 4) is 11.3 Å². The van der Waals surface area contributed by atoms with Crippen LogP contribution in [0, 0.1) is 5.92 Å². The molecule has 0 radical (unpaired) electrons. The Kier molecular flexibility index (Phi) is 7.72. The van der Waals surface area contributed by atoms with Gasteiger partial charge in [0.2, 0.25) is 5.91 Å². The molecule has 0 bridgehead atoms. The van der Waals surface area contributed by atoms with E-state index in [0.29, 0.717) is 6.54 Å². The minimum atomic E-state index is -0.455. The van der Waals surface area contributed by atoms with Crippen LogP contribution in [0.15, 0.2) is 48.7 Å². The van der Waals surface area contributed by atoms with Gasteiger partial charge >= 0.3 is 0 Å². The van der Waals surface area contributed by atoms with Gasteiger partial charge in [-0.15, -0.1) is 12.4 Å². The second kappa shape index (κ2) is 9.28. The van der Waals surface area contributed by atoms with Crippen molar-refractivity contribution in [2.45, 2.75) is 32.9 Å². The monoisotopic (exact) mass is 333 g/mol. The number of nitrogens with one attached hydrogen (secondary N) is 1. The van der Waals surface area contributed by atoms with Gasteiger partial charge in [-0.2, -0.15) is 0 Å². The number of nitrogens with two attached hydrogens (primary N) is 1. The fraction of sp³-hybridized carbons (Fsp3) is 0.333. The maximum Gasteiger partial charge on any atom is 0.237 e. The van der Waals surface area contributed by atoms with Gasteiger partial charge in [0.1, 0.15) is 0 Å². The fourth-order valence-electron chi connectivity index (χ4n) is 2.19. The first-order chi connectivity index (χ1) is 10.6. The number of pyridine rings is 1. The van der Waals surface area contributed by atoms with E-state index in [0.717, 1.165) is 23.2 Å². The predicted molar refractivity (Wildman–Crippen MR) is 96.2 cm³/mol. The standard InChI is InChI=1S/C18H23N3O.ClH/c1-3-13(2)17(19)18(22)21-12-14-7-6-8-15(11-14)16-9-4-5-10-20-16;/h4-11,13,17H,3,12,19H2,1-2H3,(H,21,22);1H. The molecule has 0 aliphatic heterocycles. The van der Waals surface area contributed by atoms with Crippen molar-refractivity contribution in [3.05, 3.63) is 54.2 Å². The number of aromatic nitrogens is 1. The maximum absolute atomic E-state index is 12.0. The molecule has 0 spiro atoms. The summed E-state index contributed by atoms with van der Waals surface area (Å²) in [5.41, 5.74) is 8.93. The number of amides is 1.